The van der Waals surface area contributed by atoms with Crippen LogP contribution in [0.2, 0.25) is 0 Å². The molecule has 0 N–H and O–H groups in total. The van der Waals surface area contributed by atoms with E-state index in [-0.39, 0.29) is 21.3 Å². The Morgan fingerprint density at radius 1 is 0.778 bits per heavy atom. The predicted octanol–water partition coefficient (Wildman–Crippen LogP) is 0.511. The van der Waals surface area contributed by atoms with Gasteiger partial charge in [-0.2, -0.15) is 0 Å². The van der Waals surface area contributed by atoms with Crippen LogP contribution in [0.3, 0.4) is 0 Å². The van der Waals surface area contributed by atoms with Crippen LogP contribution in [0.5, 0.6) is 11.5 Å². The van der Waals surface area contributed by atoms with E-state index in [4.69, 9.17) is 9.47 Å². The van der Waals surface area contributed by atoms with E-state index in [2.05, 4.69) is 0 Å². The summed E-state index contributed by atoms with van der Waals surface area (Å²) in [6, 6.07) is 2.29. The molecule has 8 heteroatoms. The molecule has 1 rings (SSSR count). The van der Waals surface area contributed by atoms with Gasteiger partial charge in [0, 0.05) is 24.6 Å². The van der Waals surface area contributed by atoms with Crippen LogP contribution in [0.25, 0.3) is 0 Å². The fraction of sp³-hybridized carbons (Fsp3) is 0.400. The maximum absolute atomic E-state index is 11.6. The summed E-state index contributed by atoms with van der Waals surface area (Å²) in [6.45, 7) is 0. The molecular formula is C10H14O6S2. The molecule has 0 heterocycles. The van der Waals surface area contributed by atoms with Crippen molar-refractivity contribution in [2.75, 3.05) is 26.7 Å². The second-order valence-corrected chi connectivity index (χ2v) is 7.67. The maximum Gasteiger partial charge on any atom is 0.176 e. The van der Waals surface area contributed by atoms with E-state index in [0.29, 0.717) is 0 Å². The topological polar surface area (TPSA) is 86.7 Å². The van der Waals surface area contributed by atoms with Gasteiger partial charge >= 0.3 is 0 Å². The van der Waals surface area contributed by atoms with Gasteiger partial charge in [-0.05, 0) is 0 Å². The molecule has 0 unspecified atom stereocenters. The Bertz CT molecular complexity index is 599. The van der Waals surface area contributed by atoms with Crippen molar-refractivity contribution >= 4 is 19.7 Å². The molecule has 0 aliphatic rings. The second-order valence-electron chi connectivity index (χ2n) is 3.70. The molecule has 0 spiro atoms. The highest BCUT2D eigenvalue weighted by molar-refractivity contribution is 7.93. The van der Waals surface area contributed by atoms with Gasteiger partial charge in [-0.15, -0.1) is 0 Å². The van der Waals surface area contributed by atoms with Crippen molar-refractivity contribution in [3.63, 3.8) is 0 Å². The largest absolute Gasteiger partial charge is 0.493 e. The average Bonchev–Trinajstić information content (AvgIpc) is 2.24. The molecule has 0 amide bonds. The number of ether oxygens (including phenoxy) is 2. The molecule has 0 radical (unpaired) electrons. The standard InChI is InChI=1S/C10H14O6S2/c1-15-7-5-9(17(3,11)12)10(18(4,13)14)6-8(7)16-2/h5-6H,1-4H3. The van der Waals surface area contributed by atoms with Crippen molar-refractivity contribution in [2.24, 2.45) is 0 Å². The summed E-state index contributed by atoms with van der Waals surface area (Å²) in [4.78, 5) is -0.606. The third kappa shape index (κ3) is 2.94. The van der Waals surface area contributed by atoms with Crippen molar-refractivity contribution in [3.8, 4) is 11.5 Å². The van der Waals surface area contributed by atoms with E-state index in [1.165, 1.54) is 14.2 Å². The molecule has 0 aliphatic heterocycles. The van der Waals surface area contributed by atoms with Crippen molar-refractivity contribution in [3.05, 3.63) is 12.1 Å². The quantitative estimate of drug-likeness (QED) is 0.804. The van der Waals surface area contributed by atoms with Crippen LogP contribution in [-0.4, -0.2) is 43.6 Å². The Kier molecular flexibility index (Phi) is 3.92. The predicted molar refractivity (Wildman–Crippen MR) is 65.8 cm³/mol. The van der Waals surface area contributed by atoms with Crippen LogP contribution in [0.15, 0.2) is 21.9 Å². The van der Waals surface area contributed by atoms with Crippen LogP contribution in [0.4, 0.5) is 0 Å². The van der Waals surface area contributed by atoms with Crippen LogP contribution in [-0.2, 0) is 19.7 Å². The molecule has 0 aliphatic carbocycles. The normalized spacial score (nSPS) is 12.2. The van der Waals surface area contributed by atoms with Gasteiger partial charge in [-0.25, -0.2) is 16.8 Å². The fourth-order valence-corrected chi connectivity index (χ4v) is 3.82. The lowest BCUT2D eigenvalue weighted by molar-refractivity contribution is 0.352. The Balaban J connectivity index is 3.79. The molecule has 0 fully saturated rings. The summed E-state index contributed by atoms with van der Waals surface area (Å²) in [6.07, 6.45) is 1.87. The SMILES string of the molecule is COc1cc(S(C)(=O)=O)c(S(C)(=O)=O)cc1OC. The molecule has 0 aromatic heterocycles. The molecule has 102 valence electrons. The van der Waals surface area contributed by atoms with E-state index in [0.717, 1.165) is 24.6 Å². The molecule has 1 aromatic carbocycles. The number of hydrogen-bond donors (Lipinski definition) is 0. The molecule has 0 bridgehead atoms. The molecule has 0 atom stereocenters. The van der Waals surface area contributed by atoms with Crippen LogP contribution >= 0.6 is 0 Å². The summed E-state index contributed by atoms with van der Waals surface area (Å²) in [5.41, 5.74) is 0. The van der Waals surface area contributed by atoms with Crippen LogP contribution < -0.4 is 9.47 Å². The molecule has 0 saturated heterocycles. The number of benzene rings is 1. The third-order valence-electron chi connectivity index (χ3n) is 2.25. The van der Waals surface area contributed by atoms with Gasteiger partial charge < -0.3 is 9.47 Å². The maximum atomic E-state index is 11.6. The zero-order valence-electron chi connectivity index (χ0n) is 10.4. The van der Waals surface area contributed by atoms with Gasteiger partial charge in [0.15, 0.2) is 31.2 Å². The summed E-state index contributed by atoms with van der Waals surface area (Å²) in [5.74, 6) is 0.315. The summed E-state index contributed by atoms with van der Waals surface area (Å²) in [7, 11) is -4.70. The lowest BCUT2D eigenvalue weighted by atomic mass is 10.3. The minimum atomic E-state index is -3.69. The smallest absolute Gasteiger partial charge is 0.176 e. The van der Waals surface area contributed by atoms with E-state index in [9.17, 15) is 16.8 Å². The van der Waals surface area contributed by atoms with Gasteiger partial charge in [-0.1, -0.05) is 0 Å². The van der Waals surface area contributed by atoms with E-state index in [1.807, 2.05) is 0 Å². The molecule has 1 aromatic rings. The Morgan fingerprint density at radius 2 is 1.06 bits per heavy atom. The van der Waals surface area contributed by atoms with Crippen LogP contribution in [0.1, 0.15) is 0 Å². The summed E-state index contributed by atoms with van der Waals surface area (Å²) >= 11 is 0. The number of sulfone groups is 2. The Morgan fingerprint density at radius 3 is 1.22 bits per heavy atom. The third-order valence-corrected chi connectivity index (χ3v) is 4.65. The van der Waals surface area contributed by atoms with Gasteiger partial charge in [0.2, 0.25) is 0 Å². The number of rotatable bonds is 4. The molecule has 18 heavy (non-hydrogen) atoms. The first-order valence-electron chi connectivity index (χ1n) is 4.77. The minimum Gasteiger partial charge on any atom is -0.493 e. The summed E-state index contributed by atoms with van der Waals surface area (Å²) < 4.78 is 56.3. The fourth-order valence-electron chi connectivity index (χ4n) is 1.42. The number of methoxy groups -OCH3 is 2. The van der Waals surface area contributed by atoms with Crippen LogP contribution in [0, 0.1) is 0 Å². The average molecular weight is 294 g/mol. The highest BCUT2D eigenvalue weighted by atomic mass is 32.2. The highest BCUT2D eigenvalue weighted by Gasteiger charge is 2.24. The monoisotopic (exact) mass is 294 g/mol. The highest BCUT2D eigenvalue weighted by Crippen LogP contribution is 2.34. The van der Waals surface area contributed by atoms with Crippen molar-refractivity contribution in [2.45, 2.75) is 9.79 Å². The Labute approximate surface area is 106 Å². The lowest BCUT2D eigenvalue weighted by Crippen LogP contribution is -2.08. The Hall–Kier alpha value is -1.28. The van der Waals surface area contributed by atoms with E-state index in [1.54, 1.807) is 0 Å². The van der Waals surface area contributed by atoms with E-state index < -0.39 is 19.7 Å². The van der Waals surface area contributed by atoms with Gasteiger partial charge in [0.25, 0.3) is 0 Å². The molecule has 0 saturated carbocycles. The van der Waals surface area contributed by atoms with Gasteiger partial charge in [0.1, 0.15) is 0 Å². The van der Waals surface area contributed by atoms with Crippen molar-refractivity contribution in [1.29, 1.82) is 0 Å². The molecule has 6 nitrogen and oxygen atoms in total. The first-order chi connectivity index (χ1) is 8.11. The van der Waals surface area contributed by atoms with Gasteiger partial charge in [-0.3, -0.25) is 0 Å². The zero-order chi connectivity index (χ0) is 14.1. The second kappa shape index (κ2) is 4.77. The van der Waals surface area contributed by atoms with Crippen molar-refractivity contribution < 1.29 is 26.3 Å². The lowest BCUT2D eigenvalue weighted by Gasteiger charge is -2.12. The first-order valence-corrected chi connectivity index (χ1v) is 8.55. The van der Waals surface area contributed by atoms with Gasteiger partial charge in [0.05, 0.1) is 24.0 Å². The zero-order valence-corrected chi connectivity index (χ0v) is 12.1. The van der Waals surface area contributed by atoms with E-state index >= 15 is 0 Å². The van der Waals surface area contributed by atoms with Crippen molar-refractivity contribution in [1.82, 2.24) is 0 Å². The first kappa shape index (κ1) is 14.8. The molecular weight excluding hydrogens is 280 g/mol. The summed E-state index contributed by atoms with van der Waals surface area (Å²) in [5, 5.41) is 0. The minimum absolute atomic E-state index is 0.158. The number of hydrogen-bond acceptors (Lipinski definition) is 6.